The number of hydrogen-bond acceptors (Lipinski definition) is 4. The number of imidazole rings is 1. The van der Waals surface area contributed by atoms with Crippen LogP contribution in [0.25, 0.3) is 0 Å². The molecule has 94 valence electrons. The molecule has 0 aliphatic heterocycles. The fourth-order valence-corrected chi connectivity index (χ4v) is 2.40. The highest BCUT2D eigenvalue weighted by Gasteiger charge is 2.18. The number of nitrogens with zero attached hydrogens (tertiary/aromatic N) is 4. The van der Waals surface area contributed by atoms with Gasteiger partial charge in [0.25, 0.3) is 0 Å². The Labute approximate surface area is 105 Å². The summed E-state index contributed by atoms with van der Waals surface area (Å²) in [6.45, 7) is 2.59. The minimum absolute atomic E-state index is 0.519. The molecule has 0 amide bonds. The smallest absolute Gasteiger partial charge is 0.127 e. The molecule has 2 aromatic rings. The molecule has 1 aliphatic rings. The van der Waals surface area contributed by atoms with Crippen LogP contribution < -0.4 is 0 Å². The van der Waals surface area contributed by atoms with Gasteiger partial charge in [0.05, 0.1) is 6.54 Å². The second-order valence-corrected chi connectivity index (χ2v) is 4.69. The molecular formula is C13H16N4O. The van der Waals surface area contributed by atoms with Crippen LogP contribution in [0.2, 0.25) is 0 Å². The third-order valence-corrected chi connectivity index (χ3v) is 3.45. The summed E-state index contributed by atoms with van der Waals surface area (Å²) in [5.74, 6) is 1.66. The lowest BCUT2D eigenvalue weighted by Gasteiger charge is -2.18. The summed E-state index contributed by atoms with van der Waals surface area (Å²) < 4.78 is 6.88. The number of allylic oxidation sites excluding steroid dienone is 2. The van der Waals surface area contributed by atoms with E-state index < -0.39 is 0 Å². The zero-order valence-electron chi connectivity index (χ0n) is 10.4. The van der Waals surface area contributed by atoms with Crippen LogP contribution in [0.3, 0.4) is 0 Å². The largest absolute Gasteiger partial charge is 0.328 e. The molecule has 18 heavy (non-hydrogen) atoms. The molecule has 1 atom stereocenters. The lowest BCUT2D eigenvalue weighted by Crippen LogP contribution is -2.11. The van der Waals surface area contributed by atoms with E-state index in [1.165, 1.54) is 6.42 Å². The molecule has 5 nitrogen and oxygen atoms in total. The van der Waals surface area contributed by atoms with Crippen molar-refractivity contribution in [3.63, 3.8) is 0 Å². The molecule has 2 heterocycles. The van der Waals surface area contributed by atoms with Crippen molar-refractivity contribution < 1.29 is 4.63 Å². The van der Waals surface area contributed by atoms with Crippen LogP contribution in [0.4, 0.5) is 0 Å². The number of rotatable bonds is 3. The molecule has 1 unspecified atom stereocenters. The Balaban J connectivity index is 1.83. The zero-order valence-corrected chi connectivity index (χ0v) is 10.4. The van der Waals surface area contributed by atoms with Crippen molar-refractivity contribution in [3.8, 4) is 0 Å². The Bertz CT molecular complexity index is 555. The molecular weight excluding hydrogens is 228 g/mol. The summed E-state index contributed by atoms with van der Waals surface area (Å²) in [6, 6.07) is 0. The molecule has 3 rings (SSSR count). The molecule has 0 aromatic carbocycles. The van der Waals surface area contributed by atoms with Crippen molar-refractivity contribution in [3.05, 3.63) is 41.8 Å². The molecule has 1 aliphatic carbocycles. The van der Waals surface area contributed by atoms with Gasteiger partial charge in [0, 0.05) is 18.3 Å². The average Bonchev–Trinajstić information content (AvgIpc) is 3.01. The van der Waals surface area contributed by atoms with E-state index in [-0.39, 0.29) is 0 Å². The molecule has 5 heteroatoms. The Morgan fingerprint density at radius 3 is 3.06 bits per heavy atom. The van der Waals surface area contributed by atoms with Gasteiger partial charge < -0.3 is 4.57 Å². The van der Waals surface area contributed by atoms with Crippen molar-refractivity contribution >= 4 is 0 Å². The van der Waals surface area contributed by atoms with Gasteiger partial charge in [-0.15, -0.1) is 0 Å². The van der Waals surface area contributed by atoms with E-state index in [0.29, 0.717) is 12.5 Å². The highest BCUT2D eigenvalue weighted by molar-refractivity contribution is 5.11. The molecule has 0 saturated carbocycles. The molecule has 0 spiro atoms. The molecule has 0 N–H and O–H groups in total. The Morgan fingerprint density at radius 1 is 1.39 bits per heavy atom. The van der Waals surface area contributed by atoms with Crippen molar-refractivity contribution in [2.75, 3.05) is 0 Å². The van der Waals surface area contributed by atoms with E-state index in [1.807, 2.05) is 19.3 Å². The maximum absolute atomic E-state index is 4.73. The van der Waals surface area contributed by atoms with Gasteiger partial charge in [-0.1, -0.05) is 22.5 Å². The van der Waals surface area contributed by atoms with Crippen molar-refractivity contribution in [2.24, 2.45) is 0 Å². The van der Waals surface area contributed by atoms with Crippen LogP contribution in [0, 0.1) is 6.92 Å². The van der Waals surface area contributed by atoms with Gasteiger partial charge in [0.1, 0.15) is 17.2 Å². The third-order valence-electron chi connectivity index (χ3n) is 3.45. The van der Waals surface area contributed by atoms with Gasteiger partial charge in [0.2, 0.25) is 0 Å². The van der Waals surface area contributed by atoms with Crippen LogP contribution in [-0.4, -0.2) is 19.9 Å². The monoisotopic (exact) mass is 244 g/mol. The van der Waals surface area contributed by atoms with Crippen molar-refractivity contribution in [1.82, 2.24) is 19.9 Å². The highest BCUT2D eigenvalue weighted by atomic mass is 16.6. The Kier molecular flexibility index (Phi) is 2.96. The second kappa shape index (κ2) is 4.76. The normalized spacial score (nSPS) is 19.3. The number of aromatic nitrogens is 4. The van der Waals surface area contributed by atoms with E-state index in [9.17, 15) is 0 Å². The van der Waals surface area contributed by atoms with Gasteiger partial charge >= 0.3 is 0 Å². The van der Waals surface area contributed by atoms with Crippen LogP contribution in [0.1, 0.15) is 42.4 Å². The van der Waals surface area contributed by atoms with E-state index in [0.717, 1.165) is 30.1 Å². The van der Waals surface area contributed by atoms with E-state index >= 15 is 0 Å². The average molecular weight is 244 g/mol. The first-order valence-electron chi connectivity index (χ1n) is 6.28. The SMILES string of the molecule is Cc1nonc1Cn1ccnc1C1CC=CCC1. The lowest BCUT2D eigenvalue weighted by atomic mass is 9.93. The van der Waals surface area contributed by atoms with Crippen molar-refractivity contribution in [1.29, 1.82) is 0 Å². The highest BCUT2D eigenvalue weighted by Crippen LogP contribution is 2.28. The summed E-state index contributed by atoms with van der Waals surface area (Å²) in [5, 5.41) is 7.74. The topological polar surface area (TPSA) is 56.7 Å². The molecule has 0 saturated heterocycles. The van der Waals surface area contributed by atoms with Crippen molar-refractivity contribution in [2.45, 2.75) is 38.6 Å². The fourth-order valence-electron chi connectivity index (χ4n) is 2.40. The van der Waals surface area contributed by atoms with Crippen LogP contribution >= 0.6 is 0 Å². The quantitative estimate of drug-likeness (QED) is 0.778. The lowest BCUT2D eigenvalue weighted by molar-refractivity contribution is 0.300. The minimum Gasteiger partial charge on any atom is -0.328 e. The maximum Gasteiger partial charge on any atom is 0.127 e. The van der Waals surface area contributed by atoms with E-state index in [1.54, 1.807) is 0 Å². The van der Waals surface area contributed by atoms with Gasteiger partial charge in [0.15, 0.2) is 0 Å². The Hall–Kier alpha value is -1.91. The van der Waals surface area contributed by atoms with Gasteiger partial charge in [-0.25, -0.2) is 9.61 Å². The number of aryl methyl sites for hydroxylation is 1. The van der Waals surface area contributed by atoms with E-state index in [2.05, 4.69) is 32.0 Å². The summed E-state index contributed by atoms with van der Waals surface area (Å²) in [5.41, 5.74) is 1.72. The Morgan fingerprint density at radius 2 is 2.33 bits per heavy atom. The molecule has 0 bridgehead atoms. The number of hydrogen-bond donors (Lipinski definition) is 0. The fraction of sp³-hybridized carbons (Fsp3) is 0.462. The first-order chi connectivity index (χ1) is 8.84. The maximum atomic E-state index is 4.73. The van der Waals surface area contributed by atoms with Crippen LogP contribution in [-0.2, 0) is 6.54 Å². The van der Waals surface area contributed by atoms with Gasteiger partial charge in [-0.3, -0.25) is 0 Å². The van der Waals surface area contributed by atoms with E-state index in [4.69, 9.17) is 4.63 Å². The first-order valence-corrected chi connectivity index (χ1v) is 6.28. The summed E-state index contributed by atoms with van der Waals surface area (Å²) in [7, 11) is 0. The standard InChI is InChI=1S/C13H16N4O/c1-10-12(16-18-15-10)9-17-8-7-14-13(17)11-5-3-2-4-6-11/h2-3,7-8,11H,4-6,9H2,1H3. The zero-order chi connectivity index (χ0) is 12.4. The predicted octanol–water partition coefficient (Wildman–Crippen LogP) is 2.45. The second-order valence-electron chi connectivity index (χ2n) is 4.69. The molecule has 2 aromatic heterocycles. The van der Waals surface area contributed by atoms with Gasteiger partial charge in [-0.05, 0) is 26.2 Å². The van der Waals surface area contributed by atoms with Crippen LogP contribution in [0.15, 0.2) is 29.2 Å². The molecule has 0 radical (unpaired) electrons. The summed E-state index contributed by atoms with van der Waals surface area (Å²) in [4.78, 5) is 4.50. The predicted molar refractivity (Wildman–Crippen MR) is 66.1 cm³/mol. The molecule has 0 fully saturated rings. The van der Waals surface area contributed by atoms with Crippen LogP contribution in [0.5, 0.6) is 0 Å². The third kappa shape index (κ3) is 2.08. The summed E-state index contributed by atoms with van der Waals surface area (Å²) >= 11 is 0. The van der Waals surface area contributed by atoms with Gasteiger partial charge in [-0.2, -0.15) is 0 Å². The first kappa shape index (κ1) is 11.2. The summed E-state index contributed by atoms with van der Waals surface area (Å²) in [6.07, 6.45) is 11.7. The minimum atomic E-state index is 0.519.